The molecule has 6 rings (SSSR count). The van der Waals surface area contributed by atoms with Crippen LogP contribution in [0.3, 0.4) is 0 Å². The summed E-state index contributed by atoms with van der Waals surface area (Å²) in [5.41, 5.74) is 2.63. The second-order valence-electron chi connectivity index (χ2n) is 13.0. The first-order valence-corrected chi connectivity index (χ1v) is 16.7. The maximum atomic E-state index is 11.2. The van der Waals surface area contributed by atoms with Crippen LogP contribution in [0.25, 0.3) is 0 Å². The van der Waals surface area contributed by atoms with Crippen molar-refractivity contribution in [2.75, 3.05) is 19.6 Å². The van der Waals surface area contributed by atoms with Gasteiger partial charge in [-0.2, -0.15) is 0 Å². The molecule has 0 spiro atoms. The Morgan fingerprint density at radius 1 is 0.558 bits per heavy atom. The van der Waals surface area contributed by atoms with Crippen molar-refractivity contribution in [1.82, 2.24) is 21.3 Å². The number of Topliss-reactive ketones (excluding diaryl/α,β-unsaturated/α-hetero) is 4. The summed E-state index contributed by atoms with van der Waals surface area (Å²) in [5, 5.41) is 12.9. The van der Waals surface area contributed by atoms with Crippen LogP contribution in [0.4, 0.5) is 0 Å². The topological polar surface area (TPSA) is 116 Å². The molecule has 4 fully saturated rings. The van der Waals surface area contributed by atoms with Crippen molar-refractivity contribution in [1.29, 1.82) is 0 Å². The van der Waals surface area contributed by atoms with Crippen molar-refractivity contribution in [3.05, 3.63) is 35.4 Å². The first kappa shape index (κ1) is 35.2. The number of ketones is 4. The lowest BCUT2D eigenvalue weighted by molar-refractivity contribution is -0.121. The molecule has 0 radical (unpaired) electrons. The number of carbonyl (C=O) groups is 4. The van der Waals surface area contributed by atoms with E-state index in [1.165, 1.54) is 49.7 Å². The van der Waals surface area contributed by atoms with Gasteiger partial charge in [0.2, 0.25) is 0 Å². The Morgan fingerprint density at radius 2 is 1.09 bits per heavy atom. The summed E-state index contributed by atoms with van der Waals surface area (Å²) in [6.07, 6.45) is 13.1. The van der Waals surface area contributed by atoms with Crippen molar-refractivity contribution in [2.24, 2.45) is 11.8 Å². The van der Waals surface area contributed by atoms with Gasteiger partial charge in [0.05, 0.1) is 24.2 Å². The second-order valence-corrected chi connectivity index (χ2v) is 13.0. The lowest BCUT2D eigenvalue weighted by Crippen LogP contribution is -2.48. The first-order valence-electron chi connectivity index (χ1n) is 16.7. The Hall–Kier alpha value is -2.26. The average Bonchev–Trinajstić information content (AvgIpc) is 3.58. The fourth-order valence-corrected chi connectivity index (χ4v) is 6.83. The molecule has 1 aliphatic carbocycles. The van der Waals surface area contributed by atoms with Gasteiger partial charge in [-0.15, -0.1) is 0 Å². The minimum Gasteiger partial charge on any atom is -0.307 e. The largest absolute Gasteiger partial charge is 0.307 e. The van der Waals surface area contributed by atoms with E-state index in [4.69, 9.17) is 0 Å². The van der Waals surface area contributed by atoms with E-state index in [2.05, 4.69) is 33.4 Å². The molecule has 4 heterocycles. The zero-order valence-corrected chi connectivity index (χ0v) is 27.0. The zero-order valence-electron chi connectivity index (χ0n) is 27.0. The molecule has 0 amide bonds. The maximum Gasteiger partial charge on any atom is 0.147 e. The van der Waals surface area contributed by atoms with Crippen molar-refractivity contribution < 1.29 is 19.2 Å². The second kappa shape index (κ2) is 18.5. The Balaban J connectivity index is 0.000000160. The van der Waals surface area contributed by atoms with Gasteiger partial charge in [-0.3, -0.25) is 19.2 Å². The van der Waals surface area contributed by atoms with Crippen LogP contribution >= 0.6 is 0 Å². The average molecular weight is 597 g/mol. The molecule has 0 bridgehead atoms. The molecule has 1 saturated carbocycles. The summed E-state index contributed by atoms with van der Waals surface area (Å²) < 4.78 is 0. The lowest BCUT2D eigenvalue weighted by atomic mass is 9.73. The molecule has 1 aromatic rings. The molecule has 4 N–H and O–H groups in total. The van der Waals surface area contributed by atoms with Crippen molar-refractivity contribution in [3.63, 3.8) is 0 Å². The van der Waals surface area contributed by atoms with Crippen LogP contribution < -0.4 is 21.3 Å². The molecule has 8 nitrogen and oxygen atoms in total. The number of fused-ring (bicyclic) bond motifs is 2. The summed E-state index contributed by atoms with van der Waals surface area (Å²) in [7, 11) is 0. The van der Waals surface area contributed by atoms with Gasteiger partial charge >= 0.3 is 0 Å². The fourth-order valence-electron chi connectivity index (χ4n) is 6.83. The number of hydrogen-bond donors (Lipinski definition) is 4. The van der Waals surface area contributed by atoms with E-state index in [0.29, 0.717) is 5.78 Å². The molecular weight excluding hydrogens is 540 g/mol. The monoisotopic (exact) mass is 596 g/mol. The van der Waals surface area contributed by atoms with E-state index in [0.717, 1.165) is 70.1 Å². The van der Waals surface area contributed by atoms with Crippen molar-refractivity contribution in [3.8, 4) is 0 Å². The normalized spacial score (nSPS) is 29.4. The maximum absolute atomic E-state index is 11.2. The number of hydrogen-bond acceptors (Lipinski definition) is 8. The summed E-state index contributed by atoms with van der Waals surface area (Å²) in [6, 6.07) is 8.81. The van der Waals surface area contributed by atoms with E-state index in [-0.39, 0.29) is 41.5 Å². The number of piperidine rings is 2. The molecular formula is C35H56N4O4. The lowest BCUT2D eigenvalue weighted by Gasteiger charge is -2.39. The first-order chi connectivity index (χ1) is 20.7. The fraction of sp³-hybridized carbons (Fsp3) is 0.714. The molecule has 1 aromatic carbocycles. The van der Waals surface area contributed by atoms with Crippen LogP contribution in [0.15, 0.2) is 24.3 Å². The molecule has 43 heavy (non-hydrogen) atoms. The van der Waals surface area contributed by atoms with Gasteiger partial charge in [0.1, 0.15) is 23.1 Å². The highest BCUT2D eigenvalue weighted by atomic mass is 16.1. The molecule has 4 aliphatic heterocycles. The van der Waals surface area contributed by atoms with Gasteiger partial charge in [-0.25, -0.2) is 0 Å². The Bertz CT molecular complexity index is 1050. The van der Waals surface area contributed by atoms with Gasteiger partial charge < -0.3 is 21.3 Å². The molecule has 0 aromatic heterocycles. The van der Waals surface area contributed by atoms with Crippen LogP contribution in [0.1, 0.15) is 103 Å². The minimum atomic E-state index is 0.0231. The van der Waals surface area contributed by atoms with Gasteiger partial charge in [-0.1, -0.05) is 49.9 Å². The van der Waals surface area contributed by atoms with Crippen molar-refractivity contribution in [2.45, 2.75) is 129 Å². The predicted octanol–water partition coefficient (Wildman–Crippen LogP) is 4.08. The molecule has 5 aliphatic rings. The smallest absolute Gasteiger partial charge is 0.147 e. The highest BCUT2D eigenvalue weighted by molar-refractivity contribution is 5.82. The van der Waals surface area contributed by atoms with Crippen molar-refractivity contribution >= 4 is 23.1 Å². The molecule has 240 valence electrons. The third kappa shape index (κ3) is 12.0. The Morgan fingerprint density at radius 3 is 1.63 bits per heavy atom. The van der Waals surface area contributed by atoms with E-state index < -0.39 is 0 Å². The Labute approximate surface area is 259 Å². The Kier molecular flexibility index (Phi) is 15.2. The predicted molar refractivity (Wildman–Crippen MR) is 172 cm³/mol. The zero-order chi connectivity index (χ0) is 31.2. The molecule has 6 atom stereocenters. The van der Waals surface area contributed by atoms with E-state index >= 15 is 0 Å². The van der Waals surface area contributed by atoms with E-state index in [9.17, 15) is 19.2 Å². The SMILES string of the molecule is CC(=O)C1CC2CCCCC2CN1.CC(=O)C1CCCCN1.CC(=O)C1CCCN1.CC(=O)C1Cc2ccccc2CN1. The van der Waals surface area contributed by atoms with E-state index in [1.54, 1.807) is 27.7 Å². The number of benzene rings is 1. The van der Waals surface area contributed by atoms with Crippen LogP contribution in [-0.4, -0.2) is 66.9 Å². The third-order valence-electron chi connectivity index (χ3n) is 9.65. The molecule has 3 saturated heterocycles. The van der Waals surface area contributed by atoms with Crippen LogP contribution in [0.5, 0.6) is 0 Å². The summed E-state index contributed by atoms with van der Waals surface area (Å²) in [5.74, 6) is 2.82. The quantitative estimate of drug-likeness (QED) is 0.411. The van der Waals surface area contributed by atoms with Crippen LogP contribution in [0.2, 0.25) is 0 Å². The molecule has 6 unspecified atom stereocenters. The van der Waals surface area contributed by atoms with Gasteiger partial charge in [0, 0.05) is 6.54 Å². The van der Waals surface area contributed by atoms with Gasteiger partial charge in [0.25, 0.3) is 0 Å². The molecule has 8 heteroatoms. The minimum absolute atomic E-state index is 0.0231. The van der Waals surface area contributed by atoms with Gasteiger partial charge in [0.15, 0.2) is 0 Å². The number of carbonyl (C=O) groups excluding carboxylic acids is 4. The third-order valence-corrected chi connectivity index (χ3v) is 9.65. The number of nitrogens with one attached hydrogen (secondary N) is 4. The summed E-state index contributed by atoms with van der Waals surface area (Å²) >= 11 is 0. The highest BCUT2D eigenvalue weighted by Crippen LogP contribution is 2.35. The van der Waals surface area contributed by atoms with E-state index in [1.807, 2.05) is 12.1 Å². The number of rotatable bonds is 4. The van der Waals surface area contributed by atoms with Crippen LogP contribution in [-0.2, 0) is 32.1 Å². The summed E-state index contributed by atoms with van der Waals surface area (Å²) in [6.45, 7) is 10.6. The summed E-state index contributed by atoms with van der Waals surface area (Å²) in [4.78, 5) is 43.7. The standard InChI is InChI=1S/C11H19NO.C11H13NO.C7H13NO.C6H11NO/c2*1-8(13)11-6-9-4-2-3-5-10(9)7-12-11;1-6(9)7-4-2-3-5-8-7;1-5(8)6-3-2-4-7-6/h9-12H,2-7H2,1H3;2-5,11-12H,6-7H2,1H3;7-8H,2-5H2,1H3;6-7H,2-4H2,1H3. The highest BCUT2D eigenvalue weighted by Gasteiger charge is 2.33. The van der Waals surface area contributed by atoms with Crippen LogP contribution in [0, 0.1) is 11.8 Å². The van der Waals surface area contributed by atoms with Gasteiger partial charge in [-0.05, 0) is 115 Å².